The van der Waals surface area contributed by atoms with E-state index in [4.69, 9.17) is 9.72 Å². The summed E-state index contributed by atoms with van der Waals surface area (Å²) in [5.41, 5.74) is 3.71. The standard InChI is InChI=1S/C23H26N4O4S/c1-14-21-19(23(28)24-12-15-3-7-18(31-2)8-4-15)11-20(16-5-6-16)25-22(21)27(26-14)17-9-10-32(29,30)13-17/h3-4,7-8,11,16-17H,5-6,9-10,12-13H2,1-2H3,(H,24,28). The molecule has 1 unspecified atom stereocenters. The van der Waals surface area contributed by atoms with E-state index in [2.05, 4.69) is 10.4 Å². The zero-order chi connectivity index (χ0) is 22.5. The first kappa shape index (κ1) is 20.9. The Bertz CT molecular complexity index is 1290. The largest absolute Gasteiger partial charge is 0.497 e. The van der Waals surface area contributed by atoms with Crippen molar-refractivity contribution in [3.63, 3.8) is 0 Å². The van der Waals surface area contributed by atoms with Gasteiger partial charge in [0.15, 0.2) is 15.5 Å². The van der Waals surface area contributed by atoms with Gasteiger partial charge >= 0.3 is 0 Å². The number of aromatic nitrogens is 3. The van der Waals surface area contributed by atoms with Crippen molar-refractivity contribution in [1.82, 2.24) is 20.1 Å². The minimum absolute atomic E-state index is 0.0670. The van der Waals surface area contributed by atoms with Gasteiger partial charge in [0.05, 0.1) is 41.3 Å². The molecular formula is C23H26N4O4S. The van der Waals surface area contributed by atoms with Crippen LogP contribution in [-0.2, 0) is 16.4 Å². The molecule has 1 aliphatic heterocycles. The molecule has 5 rings (SSSR count). The van der Waals surface area contributed by atoms with Crippen LogP contribution in [-0.4, -0.2) is 47.7 Å². The molecule has 168 valence electrons. The van der Waals surface area contributed by atoms with Gasteiger partial charge in [-0.2, -0.15) is 5.10 Å². The highest BCUT2D eigenvalue weighted by molar-refractivity contribution is 7.91. The van der Waals surface area contributed by atoms with E-state index in [1.54, 1.807) is 11.8 Å². The molecule has 1 aliphatic carbocycles. The Morgan fingerprint density at radius 1 is 1.22 bits per heavy atom. The molecule has 2 aromatic heterocycles. The first-order valence-electron chi connectivity index (χ1n) is 10.9. The summed E-state index contributed by atoms with van der Waals surface area (Å²) < 4.78 is 31.0. The summed E-state index contributed by atoms with van der Waals surface area (Å²) in [7, 11) is -1.45. The van der Waals surface area contributed by atoms with E-state index in [0.717, 1.165) is 29.8 Å². The molecule has 2 aliphatic rings. The van der Waals surface area contributed by atoms with Gasteiger partial charge in [-0.05, 0) is 49.9 Å². The number of sulfone groups is 1. The lowest BCUT2D eigenvalue weighted by Crippen LogP contribution is -2.23. The third-order valence-electron chi connectivity index (χ3n) is 6.26. The number of amides is 1. The molecule has 2 fully saturated rings. The van der Waals surface area contributed by atoms with Gasteiger partial charge in [-0.25, -0.2) is 18.1 Å². The van der Waals surface area contributed by atoms with Crippen molar-refractivity contribution in [2.75, 3.05) is 18.6 Å². The SMILES string of the molecule is COc1ccc(CNC(=O)c2cc(C3CC3)nc3c2c(C)nn3C2CCS(=O)(=O)C2)cc1. The van der Waals surface area contributed by atoms with Crippen LogP contribution in [0.2, 0.25) is 0 Å². The number of rotatable bonds is 6. The highest BCUT2D eigenvalue weighted by Gasteiger charge is 2.34. The third kappa shape index (κ3) is 3.97. The van der Waals surface area contributed by atoms with Gasteiger partial charge in [0.25, 0.3) is 5.91 Å². The minimum Gasteiger partial charge on any atom is -0.497 e. The highest BCUT2D eigenvalue weighted by Crippen LogP contribution is 2.41. The first-order valence-corrected chi connectivity index (χ1v) is 12.7. The molecule has 0 bridgehead atoms. The first-order chi connectivity index (χ1) is 15.3. The number of carbonyl (C=O) groups is 1. The molecule has 1 aromatic carbocycles. The summed E-state index contributed by atoms with van der Waals surface area (Å²) >= 11 is 0. The van der Waals surface area contributed by atoms with Crippen LogP contribution in [0.15, 0.2) is 30.3 Å². The number of methoxy groups -OCH3 is 1. The Balaban J connectivity index is 1.49. The van der Waals surface area contributed by atoms with Crippen LogP contribution in [0.5, 0.6) is 5.75 Å². The van der Waals surface area contributed by atoms with E-state index in [-0.39, 0.29) is 23.5 Å². The van der Waals surface area contributed by atoms with Gasteiger partial charge in [-0.3, -0.25) is 4.79 Å². The van der Waals surface area contributed by atoms with Crippen LogP contribution in [0, 0.1) is 6.92 Å². The molecule has 9 heteroatoms. The van der Waals surface area contributed by atoms with E-state index in [1.165, 1.54) is 0 Å². The Kier molecular flexibility index (Phi) is 5.16. The van der Waals surface area contributed by atoms with Gasteiger partial charge in [0.1, 0.15) is 5.75 Å². The number of hydrogen-bond acceptors (Lipinski definition) is 6. The molecule has 8 nitrogen and oxygen atoms in total. The van der Waals surface area contributed by atoms with Gasteiger partial charge in [0.2, 0.25) is 0 Å². The lowest BCUT2D eigenvalue weighted by atomic mass is 10.1. The van der Waals surface area contributed by atoms with Crippen molar-refractivity contribution < 1.29 is 17.9 Å². The number of carbonyl (C=O) groups excluding carboxylic acids is 1. The average Bonchev–Trinajstić information content (AvgIpc) is 3.50. The van der Waals surface area contributed by atoms with Gasteiger partial charge < -0.3 is 10.1 Å². The number of pyridine rings is 1. The molecule has 1 N–H and O–H groups in total. The summed E-state index contributed by atoms with van der Waals surface area (Å²) in [6, 6.07) is 9.20. The van der Waals surface area contributed by atoms with Crippen molar-refractivity contribution in [3.05, 3.63) is 52.8 Å². The van der Waals surface area contributed by atoms with Gasteiger partial charge in [-0.1, -0.05) is 12.1 Å². The van der Waals surface area contributed by atoms with Crippen LogP contribution in [0.3, 0.4) is 0 Å². The van der Waals surface area contributed by atoms with Crippen LogP contribution >= 0.6 is 0 Å². The second kappa shape index (κ2) is 7.88. The fourth-order valence-corrected chi connectivity index (χ4v) is 6.04. The lowest BCUT2D eigenvalue weighted by molar-refractivity contribution is 0.0952. The van der Waals surface area contributed by atoms with Gasteiger partial charge in [-0.15, -0.1) is 0 Å². The van der Waals surface area contributed by atoms with Crippen LogP contribution < -0.4 is 10.1 Å². The summed E-state index contributed by atoms with van der Waals surface area (Å²) in [4.78, 5) is 18.1. The number of benzene rings is 1. The summed E-state index contributed by atoms with van der Waals surface area (Å²) in [6.07, 6.45) is 2.62. The summed E-state index contributed by atoms with van der Waals surface area (Å²) in [5, 5.41) is 8.34. The molecule has 0 spiro atoms. The zero-order valence-electron chi connectivity index (χ0n) is 18.2. The topological polar surface area (TPSA) is 103 Å². The molecule has 1 saturated heterocycles. The smallest absolute Gasteiger partial charge is 0.252 e. The van der Waals surface area contributed by atoms with Crippen LogP contribution in [0.4, 0.5) is 0 Å². The Hall–Kier alpha value is -2.94. The highest BCUT2D eigenvalue weighted by atomic mass is 32.2. The normalized spacial score (nSPS) is 19.9. The number of nitrogens with one attached hydrogen (secondary N) is 1. The fraction of sp³-hybridized carbons (Fsp3) is 0.435. The third-order valence-corrected chi connectivity index (χ3v) is 8.01. The number of aryl methyl sites for hydroxylation is 1. The number of fused-ring (bicyclic) bond motifs is 1. The van der Waals surface area contributed by atoms with Crippen LogP contribution in [0.25, 0.3) is 11.0 Å². The van der Waals surface area contributed by atoms with Crippen molar-refractivity contribution >= 4 is 26.8 Å². The number of hydrogen-bond donors (Lipinski definition) is 1. The molecule has 1 saturated carbocycles. The van der Waals surface area contributed by atoms with Crippen molar-refractivity contribution in [2.24, 2.45) is 0 Å². The predicted molar refractivity (Wildman–Crippen MR) is 121 cm³/mol. The summed E-state index contributed by atoms with van der Waals surface area (Å²) in [6.45, 7) is 2.24. The van der Waals surface area contributed by atoms with E-state index in [1.807, 2.05) is 37.3 Å². The van der Waals surface area contributed by atoms with Crippen molar-refractivity contribution in [2.45, 2.75) is 44.7 Å². The molecule has 0 radical (unpaired) electrons. The molecule has 1 amide bonds. The van der Waals surface area contributed by atoms with E-state index < -0.39 is 9.84 Å². The summed E-state index contributed by atoms with van der Waals surface area (Å²) in [5.74, 6) is 1.16. The minimum atomic E-state index is -3.06. The molecule has 3 heterocycles. The molecular weight excluding hydrogens is 428 g/mol. The number of ether oxygens (including phenoxy) is 1. The predicted octanol–water partition coefficient (Wildman–Crippen LogP) is 2.92. The second-order valence-corrected chi connectivity index (χ2v) is 10.9. The maximum atomic E-state index is 13.2. The van der Waals surface area contributed by atoms with E-state index in [0.29, 0.717) is 41.2 Å². The zero-order valence-corrected chi connectivity index (χ0v) is 19.0. The molecule has 32 heavy (non-hydrogen) atoms. The second-order valence-electron chi connectivity index (χ2n) is 8.69. The Morgan fingerprint density at radius 3 is 2.59 bits per heavy atom. The van der Waals surface area contributed by atoms with Gasteiger partial charge in [0, 0.05) is 18.2 Å². The quantitative estimate of drug-likeness (QED) is 0.614. The van der Waals surface area contributed by atoms with Crippen LogP contribution in [0.1, 0.15) is 58.5 Å². The van der Waals surface area contributed by atoms with E-state index >= 15 is 0 Å². The maximum absolute atomic E-state index is 13.2. The monoisotopic (exact) mass is 454 g/mol. The average molecular weight is 455 g/mol. The molecule has 1 atom stereocenters. The maximum Gasteiger partial charge on any atom is 0.252 e. The fourth-order valence-electron chi connectivity index (χ4n) is 4.34. The number of nitrogens with zero attached hydrogens (tertiary/aromatic N) is 3. The Labute approximate surface area is 186 Å². The van der Waals surface area contributed by atoms with Crippen molar-refractivity contribution in [3.8, 4) is 5.75 Å². The van der Waals surface area contributed by atoms with E-state index in [9.17, 15) is 13.2 Å². The molecule has 3 aromatic rings. The van der Waals surface area contributed by atoms with Crippen molar-refractivity contribution in [1.29, 1.82) is 0 Å². The lowest BCUT2D eigenvalue weighted by Gasteiger charge is -2.12. The Morgan fingerprint density at radius 2 is 1.97 bits per heavy atom.